The number of Topliss-reactive ketones (excluding diaryl/α,β-unsaturated/α-hetero) is 1. The number of ether oxygens (including phenoxy) is 1. The Bertz CT molecular complexity index is 423. The van der Waals surface area contributed by atoms with Gasteiger partial charge in [-0.05, 0) is 6.92 Å². The third kappa shape index (κ3) is 3.84. The smallest absolute Gasteiger partial charge is 0.408 e. The molecule has 1 fully saturated rings. The molecule has 1 heterocycles. The molecule has 0 radical (unpaired) electrons. The summed E-state index contributed by atoms with van der Waals surface area (Å²) < 4.78 is 4.62. The minimum absolute atomic E-state index is 0.00911. The van der Waals surface area contributed by atoms with Gasteiger partial charge in [-0.15, -0.1) is 0 Å². The maximum absolute atomic E-state index is 11.9. The number of carbonyl (C=O) groups is 4. The van der Waals surface area contributed by atoms with Crippen molar-refractivity contribution in [1.82, 2.24) is 9.80 Å². The van der Waals surface area contributed by atoms with E-state index in [2.05, 4.69) is 4.74 Å². The van der Waals surface area contributed by atoms with Crippen molar-refractivity contribution in [2.45, 2.75) is 19.4 Å². The molecule has 20 heavy (non-hydrogen) atoms. The zero-order valence-corrected chi connectivity index (χ0v) is 10.9. The average Bonchev–Trinajstić information content (AvgIpc) is 2.37. The van der Waals surface area contributed by atoms with E-state index >= 15 is 0 Å². The van der Waals surface area contributed by atoms with Gasteiger partial charge in [0.15, 0.2) is 5.78 Å². The predicted octanol–water partition coefficient (Wildman–Crippen LogP) is -0.149. The number of hydrogen-bond acceptors (Lipinski definition) is 5. The van der Waals surface area contributed by atoms with E-state index in [1.54, 1.807) is 6.92 Å². The van der Waals surface area contributed by atoms with Crippen LogP contribution in [0.1, 0.15) is 13.3 Å². The number of esters is 1. The van der Waals surface area contributed by atoms with Crippen molar-refractivity contribution in [2.75, 3.05) is 26.2 Å². The maximum atomic E-state index is 11.9. The molecular weight excluding hydrogens is 272 g/mol. The summed E-state index contributed by atoms with van der Waals surface area (Å²) in [6.07, 6.45) is -3.13. The second kappa shape index (κ2) is 6.73. The molecule has 9 nitrogen and oxygen atoms in total. The molecule has 112 valence electrons. The van der Waals surface area contributed by atoms with Gasteiger partial charge in [0, 0.05) is 13.1 Å². The summed E-state index contributed by atoms with van der Waals surface area (Å²) in [5.41, 5.74) is 0. The molecule has 1 aliphatic rings. The van der Waals surface area contributed by atoms with Crippen molar-refractivity contribution >= 4 is 23.9 Å². The molecule has 0 bridgehead atoms. The number of rotatable bonds is 4. The van der Waals surface area contributed by atoms with Gasteiger partial charge in [-0.2, -0.15) is 0 Å². The predicted molar refractivity (Wildman–Crippen MR) is 64.4 cm³/mol. The van der Waals surface area contributed by atoms with E-state index in [9.17, 15) is 19.2 Å². The fourth-order valence-electron chi connectivity index (χ4n) is 1.93. The van der Waals surface area contributed by atoms with Crippen LogP contribution in [-0.4, -0.2) is 76.2 Å². The second-order valence-corrected chi connectivity index (χ2v) is 4.17. The minimum atomic E-state index is -1.32. The molecule has 1 aliphatic heterocycles. The van der Waals surface area contributed by atoms with Crippen molar-refractivity contribution < 1.29 is 34.1 Å². The molecule has 0 aromatic rings. The molecule has 1 atom stereocenters. The number of hydrogen-bond donors (Lipinski definition) is 2. The lowest BCUT2D eigenvalue weighted by molar-refractivity contribution is -0.146. The molecule has 0 aromatic heterocycles. The zero-order chi connectivity index (χ0) is 15.3. The Morgan fingerprint density at radius 1 is 1.15 bits per heavy atom. The van der Waals surface area contributed by atoms with Crippen molar-refractivity contribution in [3.05, 3.63) is 0 Å². The molecule has 0 aromatic carbocycles. The first-order valence-electron chi connectivity index (χ1n) is 6.02. The Kier molecular flexibility index (Phi) is 5.30. The molecule has 1 rings (SSSR count). The van der Waals surface area contributed by atoms with Gasteiger partial charge in [-0.25, -0.2) is 9.59 Å². The molecule has 1 unspecified atom stereocenters. The summed E-state index contributed by atoms with van der Waals surface area (Å²) in [5, 5.41) is 17.9. The van der Waals surface area contributed by atoms with Crippen LogP contribution in [0.2, 0.25) is 0 Å². The van der Waals surface area contributed by atoms with Crippen LogP contribution in [0.3, 0.4) is 0 Å². The summed E-state index contributed by atoms with van der Waals surface area (Å²) >= 11 is 0. The first-order chi connectivity index (χ1) is 9.36. The highest BCUT2D eigenvalue weighted by atomic mass is 16.5. The second-order valence-electron chi connectivity index (χ2n) is 4.17. The van der Waals surface area contributed by atoms with Crippen LogP contribution in [0.5, 0.6) is 0 Å². The summed E-state index contributed by atoms with van der Waals surface area (Å²) in [5.74, 6) is -1.42. The quantitative estimate of drug-likeness (QED) is 0.544. The van der Waals surface area contributed by atoms with Gasteiger partial charge < -0.3 is 19.8 Å². The molecule has 2 amide bonds. The van der Waals surface area contributed by atoms with Crippen LogP contribution >= 0.6 is 0 Å². The molecular formula is C11H16N2O7. The minimum Gasteiger partial charge on any atom is -0.466 e. The Hall–Kier alpha value is -2.32. The summed E-state index contributed by atoms with van der Waals surface area (Å²) in [6, 6.07) is -1.18. The molecule has 9 heteroatoms. The fraction of sp³-hybridized carbons (Fsp3) is 0.636. The lowest BCUT2D eigenvalue weighted by Crippen LogP contribution is -2.59. The first-order valence-corrected chi connectivity index (χ1v) is 6.02. The summed E-state index contributed by atoms with van der Waals surface area (Å²) in [7, 11) is 0. The summed E-state index contributed by atoms with van der Waals surface area (Å²) in [6.45, 7) is 1.30. The maximum Gasteiger partial charge on any atom is 0.408 e. The van der Waals surface area contributed by atoms with Crippen molar-refractivity contribution in [3.63, 3.8) is 0 Å². The Labute approximate surface area is 114 Å². The van der Waals surface area contributed by atoms with Crippen molar-refractivity contribution in [3.8, 4) is 0 Å². The Balaban J connectivity index is 2.78. The van der Waals surface area contributed by atoms with E-state index in [-0.39, 0.29) is 26.2 Å². The molecule has 2 N–H and O–H groups in total. The monoisotopic (exact) mass is 288 g/mol. The normalized spacial score (nSPS) is 18.6. The summed E-state index contributed by atoms with van der Waals surface area (Å²) in [4.78, 5) is 46.9. The van der Waals surface area contributed by atoms with Crippen LogP contribution in [-0.2, 0) is 14.3 Å². The number of carboxylic acid groups (broad SMARTS) is 2. The van der Waals surface area contributed by atoms with Gasteiger partial charge in [0.2, 0.25) is 0 Å². The van der Waals surface area contributed by atoms with Crippen LogP contribution in [0.15, 0.2) is 0 Å². The van der Waals surface area contributed by atoms with Crippen molar-refractivity contribution in [1.29, 1.82) is 0 Å². The third-order valence-corrected chi connectivity index (χ3v) is 2.89. The van der Waals surface area contributed by atoms with Gasteiger partial charge >= 0.3 is 18.2 Å². The van der Waals surface area contributed by atoms with E-state index in [1.807, 2.05) is 0 Å². The van der Waals surface area contributed by atoms with Gasteiger partial charge in [0.25, 0.3) is 0 Å². The first kappa shape index (κ1) is 15.7. The number of carbonyl (C=O) groups excluding carboxylic acids is 2. The van der Waals surface area contributed by atoms with E-state index < -0.39 is 36.4 Å². The zero-order valence-electron chi connectivity index (χ0n) is 10.9. The topological polar surface area (TPSA) is 124 Å². The van der Waals surface area contributed by atoms with Gasteiger partial charge in [0.05, 0.1) is 13.2 Å². The Morgan fingerprint density at radius 3 is 2.30 bits per heavy atom. The standard InChI is InChI=1S/C11H16N2O7/c1-2-20-9(15)5-8(14)7-6-12(10(16)17)3-4-13(7)11(18)19/h7H,2-6H2,1H3,(H,16,17)(H,18,19). The fourth-order valence-corrected chi connectivity index (χ4v) is 1.93. The number of nitrogens with zero attached hydrogens (tertiary/aromatic N) is 2. The Morgan fingerprint density at radius 2 is 1.80 bits per heavy atom. The molecule has 0 saturated carbocycles. The van der Waals surface area contributed by atoms with E-state index in [0.717, 1.165) is 9.80 Å². The average molecular weight is 288 g/mol. The largest absolute Gasteiger partial charge is 0.466 e. The van der Waals surface area contributed by atoms with Gasteiger partial charge in [-0.3, -0.25) is 14.5 Å². The highest BCUT2D eigenvalue weighted by Crippen LogP contribution is 2.13. The third-order valence-electron chi connectivity index (χ3n) is 2.89. The van der Waals surface area contributed by atoms with E-state index in [4.69, 9.17) is 10.2 Å². The molecule has 0 aliphatic carbocycles. The van der Waals surface area contributed by atoms with Gasteiger partial charge in [-0.1, -0.05) is 0 Å². The lowest BCUT2D eigenvalue weighted by atomic mass is 10.1. The van der Waals surface area contributed by atoms with Crippen LogP contribution in [0, 0.1) is 0 Å². The number of ketones is 1. The van der Waals surface area contributed by atoms with Crippen LogP contribution in [0.4, 0.5) is 9.59 Å². The lowest BCUT2D eigenvalue weighted by Gasteiger charge is -2.37. The van der Waals surface area contributed by atoms with Crippen LogP contribution in [0.25, 0.3) is 0 Å². The molecule has 1 saturated heterocycles. The number of amides is 2. The van der Waals surface area contributed by atoms with Crippen LogP contribution < -0.4 is 0 Å². The highest BCUT2D eigenvalue weighted by Gasteiger charge is 2.37. The van der Waals surface area contributed by atoms with Crippen molar-refractivity contribution in [2.24, 2.45) is 0 Å². The SMILES string of the molecule is CCOC(=O)CC(=O)C1CN(C(=O)O)CCN1C(=O)O. The van der Waals surface area contributed by atoms with Gasteiger partial charge in [0.1, 0.15) is 12.5 Å². The van der Waals surface area contributed by atoms with E-state index in [1.165, 1.54) is 0 Å². The molecule has 0 spiro atoms. The van der Waals surface area contributed by atoms with E-state index in [0.29, 0.717) is 0 Å². The highest BCUT2D eigenvalue weighted by molar-refractivity contribution is 6.00. The number of piperazine rings is 1.